The van der Waals surface area contributed by atoms with Crippen molar-refractivity contribution in [3.05, 3.63) is 103 Å². The summed E-state index contributed by atoms with van der Waals surface area (Å²) >= 11 is 0. The fraction of sp³-hybridized carbons (Fsp3) is 0.571. The molecule has 1 aliphatic heterocycles. The number of oxime groups is 1. The number of aliphatic hydroxyl groups excluding tert-OH is 2. The van der Waals surface area contributed by atoms with Gasteiger partial charge >= 0.3 is 6.09 Å². The van der Waals surface area contributed by atoms with Gasteiger partial charge < -0.3 is 34.0 Å². The molecule has 3 aromatic rings. The molecule has 0 aromatic heterocycles. The van der Waals surface area contributed by atoms with Gasteiger partial charge in [0.25, 0.3) is 0 Å². The van der Waals surface area contributed by atoms with Crippen molar-refractivity contribution < 1.29 is 38.8 Å². The molecule has 10 heteroatoms. The van der Waals surface area contributed by atoms with Crippen LogP contribution in [0.5, 0.6) is 17.2 Å². The van der Waals surface area contributed by atoms with E-state index in [9.17, 15) is 15.0 Å². The normalized spacial score (nSPS) is 22.4. The van der Waals surface area contributed by atoms with Gasteiger partial charge in [0.1, 0.15) is 30.4 Å². The summed E-state index contributed by atoms with van der Waals surface area (Å²) in [5.41, 5.74) is 5.01. The Labute approximate surface area is 395 Å². The van der Waals surface area contributed by atoms with Gasteiger partial charge in [-0.1, -0.05) is 144 Å². The van der Waals surface area contributed by atoms with Crippen molar-refractivity contribution in [2.45, 2.75) is 147 Å². The number of carbonyl (C=O) groups excluding carboxylic acids is 1. The van der Waals surface area contributed by atoms with Gasteiger partial charge in [-0.05, 0) is 97.4 Å². The average molecular weight is 907 g/mol. The Bertz CT molecular complexity index is 1980. The summed E-state index contributed by atoms with van der Waals surface area (Å²) in [6.45, 7) is 9.62. The molecule has 1 saturated carbocycles. The van der Waals surface area contributed by atoms with Crippen molar-refractivity contribution in [3.8, 4) is 28.4 Å². The first-order valence-corrected chi connectivity index (χ1v) is 25.3. The first kappa shape index (κ1) is 50.8. The van der Waals surface area contributed by atoms with Crippen molar-refractivity contribution in [1.29, 1.82) is 0 Å². The van der Waals surface area contributed by atoms with Crippen LogP contribution in [0.25, 0.3) is 11.1 Å². The molecule has 3 aromatic carbocycles. The molecule has 1 amide bonds. The van der Waals surface area contributed by atoms with E-state index >= 15 is 0 Å². The second-order valence-electron chi connectivity index (χ2n) is 18.4. The SMILES string of the molecule is C=CCOC12Oc3ccc(Oc4ccc(-c5ccccc5)cc4)cc3C3C(CCCCO)C(CCCCO)C=C(C(=NOC)CC1N(CCC)C(=O)OCCCCCCCCCCCC)C32. The maximum atomic E-state index is 14.5. The third-order valence-electron chi connectivity index (χ3n) is 13.8. The van der Waals surface area contributed by atoms with Crippen LogP contribution in [0, 0.1) is 17.8 Å². The lowest BCUT2D eigenvalue weighted by Crippen LogP contribution is -2.70. The highest BCUT2D eigenvalue weighted by atomic mass is 16.7. The molecule has 6 rings (SSSR count). The first-order chi connectivity index (χ1) is 32.4. The fourth-order valence-corrected chi connectivity index (χ4v) is 10.8. The van der Waals surface area contributed by atoms with Crippen molar-refractivity contribution >= 4 is 11.8 Å². The summed E-state index contributed by atoms with van der Waals surface area (Å²) in [4.78, 5) is 22.0. The number of hydrogen-bond donors (Lipinski definition) is 2. The molecule has 360 valence electrons. The summed E-state index contributed by atoms with van der Waals surface area (Å²) in [5, 5.41) is 24.6. The van der Waals surface area contributed by atoms with Gasteiger partial charge in [-0.3, -0.25) is 4.90 Å². The van der Waals surface area contributed by atoms with Gasteiger partial charge in [-0.25, -0.2) is 4.79 Å². The summed E-state index contributed by atoms with van der Waals surface area (Å²) in [7, 11) is 1.57. The Morgan fingerprint density at radius 2 is 1.48 bits per heavy atom. The van der Waals surface area contributed by atoms with Crippen LogP contribution in [-0.2, 0) is 14.3 Å². The number of benzene rings is 3. The molecule has 1 heterocycles. The van der Waals surface area contributed by atoms with Crippen LogP contribution in [0.4, 0.5) is 4.79 Å². The molecular weight excluding hydrogens is 829 g/mol. The van der Waals surface area contributed by atoms with Crippen LogP contribution in [0.3, 0.4) is 0 Å². The predicted octanol–water partition coefficient (Wildman–Crippen LogP) is 13.2. The van der Waals surface area contributed by atoms with Crippen LogP contribution in [0.1, 0.15) is 141 Å². The molecule has 0 spiro atoms. The number of hydrogen-bond acceptors (Lipinski definition) is 9. The minimum absolute atomic E-state index is 0.101. The van der Waals surface area contributed by atoms with E-state index in [0.29, 0.717) is 50.3 Å². The maximum Gasteiger partial charge on any atom is 0.410 e. The lowest BCUT2D eigenvalue weighted by Gasteiger charge is -2.59. The van der Waals surface area contributed by atoms with Gasteiger partial charge in [0, 0.05) is 37.7 Å². The summed E-state index contributed by atoms with van der Waals surface area (Å²) in [6.07, 6.45) is 21.6. The van der Waals surface area contributed by atoms with Crippen LogP contribution in [-0.4, -0.2) is 78.8 Å². The van der Waals surface area contributed by atoms with Crippen LogP contribution < -0.4 is 9.47 Å². The van der Waals surface area contributed by atoms with E-state index in [-0.39, 0.29) is 43.7 Å². The van der Waals surface area contributed by atoms with Crippen molar-refractivity contribution in [2.24, 2.45) is 22.9 Å². The molecule has 2 aliphatic carbocycles. The number of unbranched alkanes of at least 4 members (excludes halogenated alkanes) is 11. The van der Waals surface area contributed by atoms with Crippen LogP contribution in [0.2, 0.25) is 0 Å². The van der Waals surface area contributed by atoms with Gasteiger partial charge in [-0.15, -0.1) is 6.58 Å². The summed E-state index contributed by atoms with van der Waals surface area (Å²) in [5.74, 6) is 0.424. The van der Waals surface area contributed by atoms with E-state index in [4.69, 9.17) is 28.9 Å². The number of nitrogens with zero attached hydrogens (tertiary/aromatic N) is 2. The number of carbonyl (C=O) groups is 1. The summed E-state index contributed by atoms with van der Waals surface area (Å²) in [6, 6.07) is 23.9. The molecule has 66 heavy (non-hydrogen) atoms. The van der Waals surface area contributed by atoms with Gasteiger partial charge in [-0.2, -0.15) is 0 Å². The highest BCUT2D eigenvalue weighted by Gasteiger charge is 2.65. The number of allylic oxidation sites excluding steroid dienone is 1. The van der Waals surface area contributed by atoms with Crippen molar-refractivity contribution in [1.82, 2.24) is 4.90 Å². The van der Waals surface area contributed by atoms with Crippen LogP contribution >= 0.6 is 0 Å². The Morgan fingerprint density at radius 3 is 2.15 bits per heavy atom. The van der Waals surface area contributed by atoms with Crippen LogP contribution in [0.15, 0.2) is 102 Å². The molecule has 0 radical (unpaired) electrons. The van der Waals surface area contributed by atoms with Crippen molar-refractivity contribution in [2.75, 3.05) is 40.1 Å². The smallest absolute Gasteiger partial charge is 0.410 e. The number of rotatable bonds is 29. The standard InChI is InChI=1S/C56H78N2O8/c1-5-8-9-10-11-12-13-14-15-23-38-63-55(61)58(34-6-2)52-41-50(57-62-4)48-39-44(26-19-21-35-59)47(27-20-22-36-60)53-49-40-46(32-33-51(49)66-56(52,54(48)53)64-37-7-3)65-45-30-28-43(29-31-45)42-24-17-16-18-25-42/h7,16-18,24-25,28-33,39-40,44,47,52-54,59-60H,3,5-6,8-15,19-23,26-27,34-38,41H2,1-2,4H3. The zero-order chi connectivity index (χ0) is 46.6. The molecule has 10 nitrogen and oxygen atoms in total. The molecule has 0 bridgehead atoms. The second kappa shape index (κ2) is 26.6. The van der Waals surface area contributed by atoms with E-state index in [1.165, 1.54) is 44.9 Å². The van der Waals surface area contributed by atoms with Gasteiger partial charge in [0.2, 0.25) is 5.79 Å². The van der Waals surface area contributed by atoms with E-state index in [1.807, 2.05) is 47.4 Å². The Kier molecular flexibility index (Phi) is 20.5. The maximum absolute atomic E-state index is 14.5. The molecule has 3 aliphatic rings. The Morgan fingerprint density at radius 1 is 0.818 bits per heavy atom. The monoisotopic (exact) mass is 907 g/mol. The minimum atomic E-state index is -1.34. The first-order valence-electron chi connectivity index (χ1n) is 25.3. The van der Waals surface area contributed by atoms with E-state index in [2.05, 4.69) is 56.8 Å². The molecule has 2 N–H and O–H groups in total. The molecular formula is C56H78N2O8. The zero-order valence-corrected chi connectivity index (χ0v) is 40.2. The van der Waals surface area contributed by atoms with E-state index in [0.717, 1.165) is 78.7 Å². The lowest BCUT2D eigenvalue weighted by molar-refractivity contribution is -0.255. The molecule has 6 atom stereocenters. The third kappa shape index (κ3) is 12.9. The third-order valence-corrected chi connectivity index (χ3v) is 13.8. The quantitative estimate of drug-likeness (QED) is 0.0402. The summed E-state index contributed by atoms with van der Waals surface area (Å²) < 4.78 is 27.2. The molecule has 0 saturated heterocycles. The molecule has 6 unspecified atom stereocenters. The highest BCUT2D eigenvalue weighted by Crippen LogP contribution is 2.62. The van der Waals surface area contributed by atoms with Gasteiger partial charge in [0.15, 0.2) is 0 Å². The topological polar surface area (TPSA) is 119 Å². The Balaban J connectivity index is 1.37. The second-order valence-corrected chi connectivity index (χ2v) is 18.4. The predicted molar refractivity (Wildman–Crippen MR) is 264 cm³/mol. The van der Waals surface area contributed by atoms with E-state index in [1.54, 1.807) is 13.2 Å². The number of amides is 1. The largest absolute Gasteiger partial charge is 0.459 e. The number of aliphatic hydroxyl groups is 2. The number of fused-ring (bicyclic) bond motifs is 2. The fourth-order valence-electron chi connectivity index (χ4n) is 10.8. The van der Waals surface area contributed by atoms with E-state index < -0.39 is 17.7 Å². The minimum Gasteiger partial charge on any atom is -0.459 e. The number of ether oxygens (including phenoxy) is 4. The van der Waals surface area contributed by atoms with Gasteiger partial charge in [0.05, 0.1) is 24.8 Å². The zero-order valence-electron chi connectivity index (χ0n) is 40.2. The van der Waals surface area contributed by atoms with Crippen molar-refractivity contribution in [3.63, 3.8) is 0 Å². The Hall–Kier alpha value is -4.64. The average Bonchev–Trinajstić information content (AvgIpc) is 3.34. The lowest BCUT2D eigenvalue weighted by atomic mass is 9.55. The molecule has 1 fully saturated rings. The highest BCUT2D eigenvalue weighted by molar-refractivity contribution is 6.03.